The maximum atomic E-state index is 6.11. The van der Waals surface area contributed by atoms with Gasteiger partial charge < -0.3 is 0 Å². The van der Waals surface area contributed by atoms with Gasteiger partial charge in [0.1, 0.15) is 0 Å². The summed E-state index contributed by atoms with van der Waals surface area (Å²) in [5, 5.41) is 8.51. The summed E-state index contributed by atoms with van der Waals surface area (Å²) in [5.74, 6) is 0. The zero-order chi connectivity index (χ0) is 16.0. The van der Waals surface area contributed by atoms with Crippen LogP contribution in [0.15, 0.2) is 36.7 Å². The Morgan fingerprint density at radius 3 is 2.43 bits per heavy atom. The summed E-state index contributed by atoms with van der Waals surface area (Å²) in [7, 11) is 0. The minimum atomic E-state index is -0.448. The second-order valence-corrected chi connectivity index (χ2v) is 6.87. The summed E-state index contributed by atoms with van der Waals surface area (Å²) >= 11 is 15.0. The number of hydrogen-bond acceptors (Lipinski definition) is 3. The van der Waals surface area contributed by atoms with Crippen molar-refractivity contribution in [1.82, 2.24) is 10.6 Å². The zero-order valence-electron chi connectivity index (χ0n) is 12.2. The molecule has 1 aromatic carbocycles. The zero-order valence-corrected chi connectivity index (χ0v) is 15.4. The van der Waals surface area contributed by atoms with E-state index < -0.39 is 5.54 Å². The van der Waals surface area contributed by atoms with E-state index in [1.54, 1.807) is 6.07 Å². The summed E-state index contributed by atoms with van der Waals surface area (Å²) in [4.78, 5) is 0. The molecule has 0 aliphatic rings. The molecule has 0 bridgehead atoms. The third-order valence-electron chi connectivity index (χ3n) is 2.90. The fraction of sp³-hybridized carbons (Fsp3) is 0.333. The first-order chi connectivity index (χ1) is 9.76. The number of rotatable bonds is 7. The third-order valence-corrected chi connectivity index (χ3v) is 3.76. The molecular formula is C15H20Cl2N3Se. The Labute approximate surface area is 144 Å². The van der Waals surface area contributed by atoms with E-state index in [4.69, 9.17) is 28.9 Å². The Hall–Kier alpha value is -0.801. The average Bonchev–Trinajstić information content (AvgIpc) is 2.37. The van der Waals surface area contributed by atoms with E-state index in [1.165, 1.54) is 0 Å². The molecule has 0 amide bonds. The van der Waals surface area contributed by atoms with E-state index in [1.807, 2.05) is 32.2 Å². The SMILES string of the molecule is C=C(NC(C)(C)/C(N)=C/NCC[Se])c1cc(Cl)cc(Cl)c1. The molecule has 0 saturated heterocycles. The molecule has 4 N–H and O–H groups in total. The summed E-state index contributed by atoms with van der Waals surface area (Å²) in [5.41, 5.74) is 7.90. The van der Waals surface area contributed by atoms with Gasteiger partial charge in [0, 0.05) is 0 Å². The average molecular weight is 392 g/mol. The molecular weight excluding hydrogens is 372 g/mol. The van der Waals surface area contributed by atoms with Gasteiger partial charge in [-0.05, 0) is 0 Å². The molecule has 1 rings (SSSR count). The number of hydrogen-bond donors (Lipinski definition) is 3. The van der Waals surface area contributed by atoms with Crippen molar-refractivity contribution in [3.63, 3.8) is 0 Å². The van der Waals surface area contributed by atoms with Crippen molar-refractivity contribution < 1.29 is 0 Å². The molecule has 21 heavy (non-hydrogen) atoms. The van der Waals surface area contributed by atoms with Crippen LogP contribution < -0.4 is 16.4 Å². The quantitative estimate of drug-likeness (QED) is 0.493. The van der Waals surface area contributed by atoms with E-state index in [2.05, 4.69) is 33.2 Å². The van der Waals surface area contributed by atoms with Gasteiger partial charge in [0.05, 0.1) is 0 Å². The van der Waals surface area contributed by atoms with Gasteiger partial charge in [-0.3, -0.25) is 0 Å². The first-order valence-electron chi connectivity index (χ1n) is 6.47. The predicted molar refractivity (Wildman–Crippen MR) is 93.5 cm³/mol. The van der Waals surface area contributed by atoms with E-state index in [-0.39, 0.29) is 0 Å². The molecule has 1 radical (unpaired) electrons. The minimum absolute atomic E-state index is 0.448. The van der Waals surface area contributed by atoms with Crippen molar-refractivity contribution >= 4 is 44.9 Å². The van der Waals surface area contributed by atoms with Crippen LogP contribution in [0.3, 0.4) is 0 Å². The van der Waals surface area contributed by atoms with E-state index >= 15 is 0 Å². The first-order valence-corrected chi connectivity index (χ1v) is 8.44. The van der Waals surface area contributed by atoms with Crippen LogP contribution in [-0.2, 0) is 0 Å². The molecule has 0 atom stereocenters. The van der Waals surface area contributed by atoms with Gasteiger partial charge in [-0.1, -0.05) is 0 Å². The molecule has 0 heterocycles. The topological polar surface area (TPSA) is 50.1 Å². The number of halogens is 2. The van der Waals surface area contributed by atoms with Crippen molar-refractivity contribution in [3.05, 3.63) is 52.3 Å². The fourth-order valence-corrected chi connectivity index (χ4v) is 2.44. The van der Waals surface area contributed by atoms with Gasteiger partial charge in [-0.15, -0.1) is 0 Å². The first kappa shape index (κ1) is 18.2. The van der Waals surface area contributed by atoms with Crippen LogP contribution in [0.2, 0.25) is 15.4 Å². The molecule has 0 fully saturated rings. The van der Waals surface area contributed by atoms with Crippen LogP contribution >= 0.6 is 23.2 Å². The van der Waals surface area contributed by atoms with Crippen LogP contribution in [-0.4, -0.2) is 28.1 Å². The van der Waals surface area contributed by atoms with Crippen LogP contribution in [0.1, 0.15) is 19.4 Å². The molecule has 3 nitrogen and oxygen atoms in total. The Morgan fingerprint density at radius 1 is 1.33 bits per heavy atom. The van der Waals surface area contributed by atoms with Crippen LogP contribution in [0, 0.1) is 0 Å². The maximum absolute atomic E-state index is 6.11. The number of benzene rings is 1. The van der Waals surface area contributed by atoms with Crippen molar-refractivity contribution in [3.8, 4) is 0 Å². The predicted octanol–water partition coefficient (Wildman–Crippen LogP) is 3.31. The van der Waals surface area contributed by atoms with Gasteiger partial charge in [0.2, 0.25) is 0 Å². The Kier molecular flexibility index (Phi) is 6.95. The van der Waals surface area contributed by atoms with Gasteiger partial charge >= 0.3 is 145 Å². The number of nitrogens with two attached hydrogens (primary N) is 1. The molecule has 0 aromatic heterocycles. The Morgan fingerprint density at radius 2 is 1.90 bits per heavy atom. The molecule has 0 unspecified atom stereocenters. The molecule has 0 spiro atoms. The van der Waals surface area contributed by atoms with Gasteiger partial charge in [-0.25, -0.2) is 0 Å². The summed E-state index contributed by atoms with van der Waals surface area (Å²) in [6.45, 7) is 8.83. The normalized spacial score (nSPS) is 12.1. The van der Waals surface area contributed by atoms with E-state index in [0.29, 0.717) is 21.4 Å². The molecule has 1 aromatic rings. The molecule has 0 aliphatic carbocycles. The van der Waals surface area contributed by atoms with Crippen molar-refractivity contribution in [2.24, 2.45) is 5.73 Å². The summed E-state index contributed by atoms with van der Waals surface area (Å²) < 4.78 is 0. The Bertz CT molecular complexity index is 521. The standard InChI is InChI=1S/C15H20Cl2N3Se/c1-10(11-6-12(16)8-13(17)7-11)20-15(2,3)14(18)9-19-4-5-21/h6-9,19-20H,1,4-5,18H2,2-3H3/b14-9-. The second kappa shape index (κ2) is 8.00. The van der Waals surface area contributed by atoms with Crippen LogP contribution in [0.25, 0.3) is 5.70 Å². The van der Waals surface area contributed by atoms with Gasteiger partial charge in [-0.2, -0.15) is 0 Å². The van der Waals surface area contributed by atoms with Crippen molar-refractivity contribution in [2.45, 2.75) is 24.7 Å². The summed E-state index contributed by atoms with van der Waals surface area (Å²) in [6.07, 6.45) is 1.81. The van der Waals surface area contributed by atoms with Gasteiger partial charge in [0.25, 0.3) is 0 Å². The van der Waals surface area contributed by atoms with E-state index in [0.717, 1.165) is 17.4 Å². The van der Waals surface area contributed by atoms with Crippen LogP contribution in [0.4, 0.5) is 0 Å². The molecule has 115 valence electrons. The second-order valence-electron chi connectivity index (χ2n) is 5.14. The van der Waals surface area contributed by atoms with Crippen molar-refractivity contribution in [1.29, 1.82) is 0 Å². The van der Waals surface area contributed by atoms with Crippen molar-refractivity contribution in [2.75, 3.05) is 6.54 Å². The molecule has 0 aliphatic heterocycles. The van der Waals surface area contributed by atoms with E-state index in [9.17, 15) is 0 Å². The molecule has 6 heteroatoms. The monoisotopic (exact) mass is 392 g/mol. The fourth-order valence-electron chi connectivity index (χ4n) is 1.67. The number of nitrogens with one attached hydrogen (secondary N) is 2. The third kappa shape index (κ3) is 5.83. The van der Waals surface area contributed by atoms with Crippen LogP contribution in [0.5, 0.6) is 0 Å². The Balaban J connectivity index is 2.82. The summed E-state index contributed by atoms with van der Waals surface area (Å²) in [6, 6.07) is 5.30. The molecule has 0 saturated carbocycles. The van der Waals surface area contributed by atoms with Gasteiger partial charge in [0.15, 0.2) is 0 Å².